The maximum Gasteiger partial charge on any atom is 0.239 e. The Kier molecular flexibility index (Phi) is 3.98. The Morgan fingerprint density at radius 3 is 3.12 bits per heavy atom. The summed E-state index contributed by atoms with van der Waals surface area (Å²) in [5.74, 6) is 6.93. The summed E-state index contributed by atoms with van der Waals surface area (Å²) in [5, 5.41) is 4.18. The molecule has 4 nitrogen and oxygen atoms in total. The SMILES string of the molecule is CCCCSc1nc(NN)nc2sccc12. The minimum Gasteiger partial charge on any atom is -0.292 e. The third kappa shape index (κ3) is 2.45. The molecule has 2 heterocycles. The average Bonchev–Trinajstić information content (AvgIpc) is 2.77. The summed E-state index contributed by atoms with van der Waals surface area (Å²) in [6, 6.07) is 2.06. The molecule has 86 valence electrons. The zero-order valence-corrected chi connectivity index (χ0v) is 10.7. The van der Waals surface area contributed by atoms with Gasteiger partial charge in [-0.15, -0.1) is 23.1 Å². The van der Waals surface area contributed by atoms with E-state index in [2.05, 4.69) is 28.4 Å². The van der Waals surface area contributed by atoms with Gasteiger partial charge in [0.15, 0.2) is 0 Å². The summed E-state index contributed by atoms with van der Waals surface area (Å²) in [4.78, 5) is 9.67. The van der Waals surface area contributed by atoms with Crippen LogP contribution in [0.25, 0.3) is 10.2 Å². The first-order chi connectivity index (χ1) is 7.85. The molecule has 0 radical (unpaired) electrons. The number of nitrogens with two attached hydrogens (primary N) is 1. The number of thioether (sulfide) groups is 1. The fourth-order valence-corrected chi connectivity index (χ4v) is 3.24. The number of thiophene rings is 1. The lowest BCUT2D eigenvalue weighted by Crippen LogP contribution is -2.10. The molecule has 0 unspecified atom stereocenters. The van der Waals surface area contributed by atoms with Crippen LogP contribution in [0.15, 0.2) is 16.5 Å². The van der Waals surface area contributed by atoms with E-state index >= 15 is 0 Å². The van der Waals surface area contributed by atoms with Gasteiger partial charge < -0.3 is 0 Å². The number of unbranched alkanes of at least 4 members (excludes halogenated alkanes) is 1. The van der Waals surface area contributed by atoms with E-state index in [0.29, 0.717) is 5.95 Å². The lowest BCUT2D eigenvalue weighted by Gasteiger charge is -2.04. The molecule has 16 heavy (non-hydrogen) atoms. The quantitative estimate of drug-likeness (QED) is 0.282. The second-order valence-electron chi connectivity index (χ2n) is 3.34. The Bertz CT molecular complexity index is 469. The standard InChI is InChI=1S/C10H14N4S2/c1-2-3-5-15-8-7-4-6-16-9(7)13-10(12-8)14-11/h4,6H,2-3,5,11H2,1H3,(H,12,13,14). The van der Waals surface area contributed by atoms with Crippen LogP contribution in [0.1, 0.15) is 19.8 Å². The number of rotatable bonds is 5. The molecule has 0 saturated carbocycles. The summed E-state index contributed by atoms with van der Waals surface area (Å²) < 4.78 is 0. The van der Waals surface area contributed by atoms with E-state index in [1.807, 2.05) is 5.38 Å². The molecule has 2 rings (SSSR count). The fraction of sp³-hybridized carbons (Fsp3) is 0.400. The highest BCUT2D eigenvalue weighted by Gasteiger charge is 2.08. The molecule has 0 aliphatic rings. The van der Waals surface area contributed by atoms with Crippen molar-refractivity contribution in [2.24, 2.45) is 5.84 Å². The van der Waals surface area contributed by atoms with Crippen molar-refractivity contribution in [3.8, 4) is 0 Å². The van der Waals surface area contributed by atoms with Crippen molar-refractivity contribution in [3.63, 3.8) is 0 Å². The minimum atomic E-state index is 0.494. The van der Waals surface area contributed by atoms with E-state index in [1.165, 1.54) is 12.8 Å². The average molecular weight is 254 g/mol. The van der Waals surface area contributed by atoms with Gasteiger partial charge in [-0.3, -0.25) is 5.43 Å². The predicted molar refractivity (Wildman–Crippen MR) is 70.9 cm³/mol. The molecule has 0 atom stereocenters. The van der Waals surface area contributed by atoms with E-state index in [9.17, 15) is 0 Å². The Morgan fingerprint density at radius 2 is 2.38 bits per heavy atom. The van der Waals surface area contributed by atoms with Crippen LogP contribution in [0.5, 0.6) is 0 Å². The van der Waals surface area contributed by atoms with E-state index in [-0.39, 0.29) is 0 Å². The smallest absolute Gasteiger partial charge is 0.239 e. The molecule has 6 heteroatoms. The van der Waals surface area contributed by atoms with Crippen LogP contribution in [-0.4, -0.2) is 15.7 Å². The van der Waals surface area contributed by atoms with Gasteiger partial charge in [0.2, 0.25) is 5.95 Å². The van der Waals surface area contributed by atoms with Crippen molar-refractivity contribution in [2.45, 2.75) is 24.8 Å². The minimum absolute atomic E-state index is 0.494. The van der Waals surface area contributed by atoms with Gasteiger partial charge in [0.1, 0.15) is 9.86 Å². The first-order valence-corrected chi connectivity index (χ1v) is 7.06. The Labute approximate surface area is 103 Å². The molecule has 3 N–H and O–H groups in total. The number of anilines is 1. The summed E-state index contributed by atoms with van der Waals surface area (Å²) in [6.07, 6.45) is 2.40. The predicted octanol–water partition coefficient (Wildman–Crippen LogP) is 2.87. The molecule has 0 aromatic carbocycles. The van der Waals surface area contributed by atoms with Crippen molar-refractivity contribution < 1.29 is 0 Å². The van der Waals surface area contributed by atoms with Crippen LogP contribution in [0.2, 0.25) is 0 Å². The molecule has 0 aliphatic carbocycles. The van der Waals surface area contributed by atoms with Crippen molar-refractivity contribution >= 4 is 39.3 Å². The molecule has 0 fully saturated rings. The molecule has 0 aliphatic heterocycles. The van der Waals surface area contributed by atoms with Crippen LogP contribution in [0.4, 0.5) is 5.95 Å². The van der Waals surface area contributed by atoms with E-state index in [1.54, 1.807) is 23.1 Å². The monoisotopic (exact) mass is 254 g/mol. The van der Waals surface area contributed by atoms with Crippen LogP contribution < -0.4 is 11.3 Å². The third-order valence-corrected chi connectivity index (χ3v) is 4.04. The molecule has 2 aromatic rings. The maximum atomic E-state index is 5.35. The topological polar surface area (TPSA) is 63.8 Å². The zero-order valence-electron chi connectivity index (χ0n) is 9.06. The van der Waals surface area contributed by atoms with Crippen LogP contribution >= 0.6 is 23.1 Å². The first kappa shape index (κ1) is 11.6. The summed E-state index contributed by atoms with van der Waals surface area (Å²) in [5.41, 5.74) is 2.51. The first-order valence-electron chi connectivity index (χ1n) is 5.19. The van der Waals surface area contributed by atoms with Crippen LogP contribution in [0.3, 0.4) is 0 Å². The zero-order chi connectivity index (χ0) is 11.4. The number of hydrazine groups is 1. The summed E-state index contributed by atoms with van der Waals surface area (Å²) in [7, 11) is 0. The van der Waals surface area contributed by atoms with Gasteiger partial charge >= 0.3 is 0 Å². The molecular weight excluding hydrogens is 240 g/mol. The van der Waals surface area contributed by atoms with E-state index < -0.39 is 0 Å². The van der Waals surface area contributed by atoms with Crippen molar-refractivity contribution in [3.05, 3.63) is 11.4 Å². The van der Waals surface area contributed by atoms with Gasteiger partial charge in [-0.1, -0.05) is 13.3 Å². The lowest BCUT2D eigenvalue weighted by molar-refractivity contribution is 0.895. The molecule has 0 saturated heterocycles. The van der Waals surface area contributed by atoms with Crippen molar-refractivity contribution in [1.82, 2.24) is 9.97 Å². The number of nitrogens with one attached hydrogen (secondary N) is 1. The van der Waals surface area contributed by atoms with Gasteiger partial charge in [0.25, 0.3) is 0 Å². The van der Waals surface area contributed by atoms with Crippen LogP contribution in [0, 0.1) is 0 Å². The summed E-state index contributed by atoms with van der Waals surface area (Å²) >= 11 is 3.38. The van der Waals surface area contributed by atoms with Gasteiger partial charge in [-0.05, 0) is 23.6 Å². The Hall–Kier alpha value is -0.850. The number of fused-ring (bicyclic) bond motifs is 1. The van der Waals surface area contributed by atoms with E-state index in [4.69, 9.17) is 5.84 Å². The number of nitrogen functional groups attached to an aromatic ring is 1. The van der Waals surface area contributed by atoms with Crippen LogP contribution in [-0.2, 0) is 0 Å². The number of hydrogen-bond donors (Lipinski definition) is 2. The summed E-state index contributed by atoms with van der Waals surface area (Å²) in [6.45, 7) is 2.19. The van der Waals surface area contributed by atoms with Crippen molar-refractivity contribution in [1.29, 1.82) is 0 Å². The van der Waals surface area contributed by atoms with Gasteiger partial charge in [-0.2, -0.15) is 0 Å². The van der Waals surface area contributed by atoms with Gasteiger partial charge in [-0.25, -0.2) is 15.8 Å². The largest absolute Gasteiger partial charge is 0.292 e. The lowest BCUT2D eigenvalue weighted by atomic mass is 10.4. The highest BCUT2D eigenvalue weighted by Crippen LogP contribution is 2.29. The highest BCUT2D eigenvalue weighted by atomic mass is 32.2. The highest BCUT2D eigenvalue weighted by molar-refractivity contribution is 7.99. The van der Waals surface area contributed by atoms with Gasteiger partial charge in [0, 0.05) is 5.39 Å². The molecular formula is C10H14N4S2. The fourth-order valence-electron chi connectivity index (χ4n) is 1.32. The van der Waals surface area contributed by atoms with Gasteiger partial charge in [0.05, 0.1) is 0 Å². The Balaban J connectivity index is 2.29. The second kappa shape index (κ2) is 5.47. The third-order valence-electron chi connectivity index (χ3n) is 2.16. The van der Waals surface area contributed by atoms with E-state index in [0.717, 1.165) is 21.0 Å². The molecule has 0 spiro atoms. The number of nitrogens with zero attached hydrogens (tertiary/aromatic N) is 2. The number of aromatic nitrogens is 2. The maximum absolute atomic E-state index is 5.35. The molecule has 0 amide bonds. The second-order valence-corrected chi connectivity index (χ2v) is 5.32. The van der Waals surface area contributed by atoms with Crippen molar-refractivity contribution in [2.75, 3.05) is 11.2 Å². The molecule has 0 bridgehead atoms. The Morgan fingerprint density at radius 1 is 1.50 bits per heavy atom. The normalized spacial score (nSPS) is 10.9. The number of hydrogen-bond acceptors (Lipinski definition) is 6. The molecule has 2 aromatic heterocycles.